The van der Waals surface area contributed by atoms with Crippen LogP contribution in [0, 0.1) is 41.4 Å². The van der Waals surface area contributed by atoms with Crippen molar-refractivity contribution in [3.8, 4) is 0 Å². The van der Waals surface area contributed by atoms with E-state index in [2.05, 4.69) is 226 Å². The van der Waals surface area contributed by atoms with E-state index in [-0.39, 0.29) is 0 Å². The molecule has 9 aliphatic rings. The Morgan fingerprint density at radius 2 is 0.622 bits per heavy atom. The summed E-state index contributed by atoms with van der Waals surface area (Å²) in [5.41, 5.74) is 12.9. The van der Waals surface area contributed by atoms with Crippen molar-refractivity contribution in [3.63, 3.8) is 0 Å². The first-order valence-electron chi connectivity index (χ1n) is 35.5. The lowest BCUT2D eigenvalue weighted by molar-refractivity contribution is -0.0813. The summed E-state index contributed by atoms with van der Waals surface area (Å²) >= 11 is 0. The van der Waals surface area contributed by atoms with Crippen LogP contribution < -0.4 is 24.9 Å². The average Bonchev–Trinajstić information content (AvgIpc) is 1.75. The molecule has 8 aromatic carbocycles. The van der Waals surface area contributed by atoms with Gasteiger partial charge in [-0.1, -0.05) is 171 Å². The first kappa shape index (κ1) is 54.3. The zero-order valence-corrected chi connectivity index (χ0v) is 52.1. The highest BCUT2D eigenvalue weighted by molar-refractivity contribution is 6.07. The van der Waals surface area contributed by atoms with Crippen LogP contribution in [0.2, 0.25) is 0 Å². The molecule has 5 heterocycles. The van der Waals surface area contributed by atoms with Crippen molar-refractivity contribution in [1.29, 1.82) is 0 Å². The minimum Gasteiger partial charge on any atom is -0.456 e. The summed E-state index contributed by atoms with van der Waals surface area (Å²) in [6, 6.07) is 83.4. The highest BCUT2D eigenvalue weighted by atomic mass is 16.3. The number of para-hydroxylation sites is 8. The van der Waals surface area contributed by atoms with Gasteiger partial charge in [0.2, 0.25) is 0 Å². The smallest absolute Gasteiger partial charge is 0.138 e. The number of rotatable bonds is 6. The highest BCUT2D eigenvalue weighted by Crippen LogP contribution is 2.64. The van der Waals surface area contributed by atoms with E-state index in [0.717, 1.165) is 28.9 Å². The van der Waals surface area contributed by atoms with Gasteiger partial charge in [0.05, 0.1) is 24.2 Å². The van der Waals surface area contributed by atoms with E-state index < -0.39 is 0 Å². The van der Waals surface area contributed by atoms with Crippen molar-refractivity contribution >= 4 is 66.6 Å². The quantitative estimate of drug-likeness (QED) is 0.167. The zero-order chi connectivity index (χ0) is 59.0. The zero-order valence-electron chi connectivity index (χ0n) is 52.1. The second-order valence-electron chi connectivity index (χ2n) is 29.7. The SMILES string of the molecule is c1ccc(N2C3CCCCC3N(c3ccccc3)C3CC4C(CC32)C2CCC(c3cccc5c3oc3ccccc35)CC2C2CC3C(CC2C2NCC(c5cccc6c5oc5ccccc56)CC42)N(c2ccccc2)C2CCCCC2N3c2ccccc2)cc1. The number of benzene rings is 8. The fraction of sp³-hybridized carbons (Fsp3) is 0.422. The van der Waals surface area contributed by atoms with E-state index in [9.17, 15) is 0 Å². The molecule has 10 aromatic rings. The van der Waals surface area contributed by atoms with Crippen LogP contribution in [0.3, 0.4) is 0 Å². The number of piperidine rings is 1. The number of anilines is 4. The van der Waals surface area contributed by atoms with E-state index >= 15 is 0 Å². The van der Waals surface area contributed by atoms with Crippen LogP contribution in [0.5, 0.6) is 0 Å². The summed E-state index contributed by atoms with van der Waals surface area (Å²) in [7, 11) is 0. The lowest BCUT2D eigenvalue weighted by atomic mass is 9.47. The highest BCUT2D eigenvalue weighted by Gasteiger charge is 2.63. The predicted molar refractivity (Wildman–Crippen MR) is 369 cm³/mol. The van der Waals surface area contributed by atoms with Gasteiger partial charge in [-0.25, -0.2) is 0 Å². The number of nitrogens with zero attached hydrogens (tertiary/aromatic N) is 4. The molecule has 7 nitrogen and oxygen atoms in total. The maximum Gasteiger partial charge on any atom is 0.138 e. The number of hydrogen-bond acceptors (Lipinski definition) is 7. The third kappa shape index (κ3) is 8.66. The molecule has 0 radical (unpaired) electrons. The van der Waals surface area contributed by atoms with Crippen LogP contribution in [-0.2, 0) is 0 Å². The Bertz CT molecular complexity index is 3930. The molecule has 90 heavy (non-hydrogen) atoms. The van der Waals surface area contributed by atoms with Gasteiger partial charge in [0.25, 0.3) is 0 Å². The molecule has 18 atom stereocenters. The van der Waals surface area contributed by atoms with Gasteiger partial charge >= 0.3 is 0 Å². The lowest BCUT2D eigenvalue weighted by Gasteiger charge is -2.67. The number of hydrogen-bond donors (Lipinski definition) is 1. The van der Waals surface area contributed by atoms with Gasteiger partial charge in [-0.15, -0.1) is 0 Å². The van der Waals surface area contributed by atoms with Crippen LogP contribution in [0.4, 0.5) is 22.7 Å². The second-order valence-corrected chi connectivity index (χ2v) is 29.7. The number of furan rings is 2. The molecule has 18 unspecified atom stereocenters. The van der Waals surface area contributed by atoms with Gasteiger partial charge in [-0.3, -0.25) is 0 Å². The van der Waals surface area contributed by atoms with Crippen LogP contribution >= 0.6 is 0 Å². The van der Waals surface area contributed by atoms with E-state index in [4.69, 9.17) is 14.2 Å². The molecule has 6 aliphatic carbocycles. The van der Waals surface area contributed by atoms with E-state index in [0.29, 0.717) is 108 Å². The van der Waals surface area contributed by atoms with Gasteiger partial charge in [0.15, 0.2) is 0 Å². The molecule has 7 heteroatoms. The third-order valence-corrected chi connectivity index (χ3v) is 25.9. The summed E-state index contributed by atoms with van der Waals surface area (Å²) in [4.78, 5) is 12.4. The Morgan fingerprint density at radius 3 is 1.07 bits per heavy atom. The van der Waals surface area contributed by atoms with Crippen LogP contribution in [0.1, 0.15) is 126 Å². The third-order valence-electron chi connectivity index (χ3n) is 25.9. The van der Waals surface area contributed by atoms with E-state index in [1.807, 2.05) is 0 Å². The number of nitrogens with one attached hydrogen (secondary N) is 1. The van der Waals surface area contributed by atoms with Crippen LogP contribution in [0.15, 0.2) is 215 Å². The Kier molecular flexibility index (Phi) is 13.3. The fourth-order valence-corrected chi connectivity index (χ4v) is 22.8. The molecule has 0 bridgehead atoms. The summed E-state index contributed by atoms with van der Waals surface area (Å²) in [6.45, 7) is 0.980. The number of piperazine rings is 2. The van der Waals surface area contributed by atoms with E-state index in [1.54, 1.807) is 0 Å². The Hall–Kier alpha value is -7.48. The summed E-state index contributed by atoms with van der Waals surface area (Å²) < 4.78 is 14.1. The normalized spacial score (nSPS) is 34.0. The Morgan fingerprint density at radius 1 is 0.278 bits per heavy atom. The van der Waals surface area contributed by atoms with Gasteiger partial charge in [-0.2, -0.15) is 0 Å². The second kappa shape index (κ2) is 22.1. The molecule has 9 fully saturated rings. The Balaban J connectivity index is 0.811. The van der Waals surface area contributed by atoms with Crippen LogP contribution in [-0.4, -0.2) is 60.9 Å². The minimum absolute atomic E-state index is 0.339. The van der Waals surface area contributed by atoms with Crippen molar-refractivity contribution in [2.45, 2.75) is 169 Å². The minimum atomic E-state index is 0.339. The monoisotopic (exact) mass is 1190 g/mol. The first-order valence-corrected chi connectivity index (χ1v) is 35.5. The molecule has 2 aromatic heterocycles. The summed E-state index contributed by atoms with van der Waals surface area (Å²) in [5.74, 6) is 4.63. The van der Waals surface area contributed by atoms with Gasteiger partial charge in [-0.05, 0) is 196 Å². The molecular weight excluding hydrogens is 1100 g/mol. The lowest BCUT2D eigenvalue weighted by Crippen LogP contribution is -2.74. The average molecular weight is 1190 g/mol. The topological polar surface area (TPSA) is 51.3 Å². The molecule has 456 valence electrons. The summed E-state index contributed by atoms with van der Waals surface area (Å²) in [5, 5.41) is 9.81. The van der Waals surface area contributed by atoms with Gasteiger partial charge < -0.3 is 33.8 Å². The van der Waals surface area contributed by atoms with Gasteiger partial charge in [0.1, 0.15) is 22.3 Å². The maximum atomic E-state index is 7.07. The van der Waals surface area contributed by atoms with Crippen molar-refractivity contribution in [1.82, 2.24) is 5.32 Å². The molecule has 3 saturated heterocycles. The fourth-order valence-electron chi connectivity index (χ4n) is 22.8. The maximum absolute atomic E-state index is 7.07. The van der Waals surface area contributed by atoms with Crippen molar-refractivity contribution in [2.75, 3.05) is 26.1 Å². The van der Waals surface area contributed by atoms with E-state index in [1.165, 1.54) is 158 Å². The van der Waals surface area contributed by atoms with Crippen molar-refractivity contribution in [2.24, 2.45) is 41.4 Å². The van der Waals surface area contributed by atoms with Crippen molar-refractivity contribution in [3.05, 3.63) is 217 Å². The predicted octanol–water partition coefficient (Wildman–Crippen LogP) is 19.0. The number of fused-ring (bicyclic) bond motifs is 18. The first-order chi connectivity index (χ1) is 44.7. The molecule has 3 aliphatic heterocycles. The molecule has 6 saturated carbocycles. The molecule has 19 rings (SSSR count). The molecule has 0 spiro atoms. The molecular formula is C83H87N5O2. The Labute approximate surface area is 531 Å². The summed E-state index contributed by atoms with van der Waals surface area (Å²) in [6.07, 6.45) is 20.1. The molecule has 1 N–H and O–H groups in total. The molecule has 0 amide bonds. The van der Waals surface area contributed by atoms with Gasteiger partial charge in [0, 0.05) is 87.0 Å². The van der Waals surface area contributed by atoms with Crippen molar-refractivity contribution < 1.29 is 8.83 Å². The largest absolute Gasteiger partial charge is 0.456 e. The standard InChI is InChI=1S/C83H87N5O2/c1-5-23-54(24-6-1)85-71-37-15-16-38-72(71)86(55-25-7-2-8-26-55)76-49-68-66(47-75(76)85)60-44-43-52(58-33-21-35-63-61-31-13-19-41-79(61)89-82(58)63)45-65(60)67-48-77-78(88(57-29-11-4-12-30-57)74-40-18-17-39-73(74)87(77)56-27-9-3-10-28-56)50-70(67)81-69(68)46-53(51-84-81)59-34-22-36-64-62-32-14-20-42-80(62)90-83(59)64/h1-14,19-36,41-42,52-53,60,65-78,81,84H,15-18,37-40,43-51H2. The van der Waals surface area contributed by atoms with Crippen LogP contribution in [0.25, 0.3) is 43.9 Å².